The van der Waals surface area contributed by atoms with Crippen molar-refractivity contribution in [2.75, 3.05) is 44.2 Å². The quantitative estimate of drug-likeness (QED) is 0.816. The Labute approximate surface area is 145 Å². The van der Waals surface area contributed by atoms with E-state index in [4.69, 9.17) is 0 Å². The van der Waals surface area contributed by atoms with Gasteiger partial charge in [-0.1, -0.05) is 5.21 Å². The molecule has 0 bridgehead atoms. The predicted molar refractivity (Wildman–Crippen MR) is 90.9 cm³/mol. The number of nitrogens with zero attached hydrogens (tertiary/aromatic N) is 6. The van der Waals surface area contributed by atoms with Crippen LogP contribution in [0.1, 0.15) is 10.5 Å². The van der Waals surface area contributed by atoms with E-state index in [1.165, 1.54) is 12.1 Å². The number of aryl methyl sites for hydroxylation is 1. The fraction of sp³-hybridized carbons (Fsp3) is 0.471. The number of anilines is 1. The van der Waals surface area contributed by atoms with Gasteiger partial charge in [-0.2, -0.15) is 0 Å². The van der Waals surface area contributed by atoms with E-state index in [1.807, 2.05) is 17.0 Å². The summed E-state index contributed by atoms with van der Waals surface area (Å²) in [6, 6.07) is 7.08. The summed E-state index contributed by atoms with van der Waals surface area (Å²) in [7, 11) is 1.75. The number of carbonyl (C=O) groups excluding carboxylic acids is 1. The van der Waals surface area contributed by atoms with Crippen molar-refractivity contribution in [2.45, 2.75) is 6.04 Å². The number of hydrogen-bond donors (Lipinski definition) is 0. The van der Waals surface area contributed by atoms with E-state index in [0.717, 1.165) is 45.0 Å². The Kier molecular flexibility index (Phi) is 4.12. The second kappa shape index (κ2) is 6.44. The molecule has 0 saturated carbocycles. The Morgan fingerprint density at radius 2 is 1.80 bits per heavy atom. The Morgan fingerprint density at radius 3 is 2.40 bits per heavy atom. The summed E-state index contributed by atoms with van der Waals surface area (Å²) >= 11 is 0. The summed E-state index contributed by atoms with van der Waals surface area (Å²) in [5.41, 5.74) is 1.47. The van der Waals surface area contributed by atoms with E-state index in [0.29, 0.717) is 11.7 Å². The minimum Gasteiger partial charge on any atom is -0.369 e. The van der Waals surface area contributed by atoms with Crippen LogP contribution >= 0.6 is 0 Å². The zero-order valence-electron chi connectivity index (χ0n) is 14.2. The summed E-state index contributed by atoms with van der Waals surface area (Å²) in [6.45, 7) is 5.23. The van der Waals surface area contributed by atoms with Gasteiger partial charge in [-0.15, -0.1) is 5.10 Å². The molecule has 2 fully saturated rings. The Bertz CT molecular complexity index is 747. The first-order chi connectivity index (χ1) is 12.1. The second-order valence-corrected chi connectivity index (χ2v) is 6.64. The maximum Gasteiger partial charge on any atom is 0.276 e. The van der Waals surface area contributed by atoms with Crippen molar-refractivity contribution in [3.63, 3.8) is 0 Å². The van der Waals surface area contributed by atoms with Gasteiger partial charge in [0.1, 0.15) is 5.82 Å². The van der Waals surface area contributed by atoms with Gasteiger partial charge in [-0.25, -0.2) is 4.39 Å². The molecule has 0 N–H and O–H groups in total. The number of halogens is 1. The summed E-state index contributed by atoms with van der Waals surface area (Å²) in [5, 5.41) is 7.69. The van der Waals surface area contributed by atoms with E-state index in [-0.39, 0.29) is 11.7 Å². The highest BCUT2D eigenvalue weighted by atomic mass is 19.1. The van der Waals surface area contributed by atoms with Gasteiger partial charge in [0.2, 0.25) is 0 Å². The van der Waals surface area contributed by atoms with Gasteiger partial charge in [0, 0.05) is 58.0 Å². The van der Waals surface area contributed by atoms with E-state index in [9.17, 15) is 9.18 Å². The molecular weight excluding hydrogens is 323 g/mol. The highest BCUT2D eigenvalue weighted by Gasteiger charge is 2.37. The largest absolute Gasteiger partial charge is 0.369 e. The molecule has 1 aromatic carbocycles. The third-order valence-corrected chi connectivity index (χ3v) is 4.99. The van der Waals surface area contributed by atoms with Gasteiger partial charge in [0.05, 0.1) is 6.20 Å². The predicted octanol–water partition coefficient (Wildman–Crippen LogP) is 0.601. The molecule has 132 valence electrons. The number of hydrogen-bond acceptors (Lipinski definition) is 5. The van der Waals surface area contributed by atoms with Crippen LogP contribution in [0.5, 0.6) is 0 Å². The molecule has 1 amide bonds. The van der Waals surface area contributed by atoms with Crippen molar-refractivity contribution in [1.82, 2.24) is 24.8 Å². The Balaban J connectivity index is 1.27. The van der Waals surface area contributed by atoms with Crippen LogP contribution in [0.15, 0.2) is 30.5 Å². The molecule has 25 heavy (non-hydrogen) atoms. The van der Waals surface area contributed by atoms with Crippen molar-refractivity contribution in [1.29, 1.82) is 0 Å². The van der Waals surface area contributed by atoms with E-state index >= 15 is 0 Å². The molecule has 8 heteroatoms. The average molecular weight is 344 g/mol. The first-order valence-corrected chi connectivity index (χ1v) is 8.50. The van der Waals surface area contributed by atoms with E-state index in [2.05, 4.69) is 20.1 Å². The molecule has 0 atom stereocenters. The first-order valence-electron chi connectivity index (χ1n) is 8.50. The minimum absolute atomic E-state index is 0.0469. The molecule has 0 aliphatic carbocycles. The lowest BCUT2D eigenvalue weighted by molar-refractivity contribution is 0.0242. The van der Waals surface area contributed by atoms with Crippen molar-refractivity contribution >= 4 is 11.6 Å². The van der Waals surface area contributed by atoms with Gasteiger partial charge in [0.25, 0.3) is 5.91 Å². The number of amides is 1. The monoisotopic (exact) mass is 344 g/mol. The highest BCUT2D eigenvalue weighted by Crippen LogP contribution is 2.22. The molecule has 3 heterocycles. The lowest BCUT2D eigenvalue weighted by Gasteiger charge is -2.48. The number of rotatable bonds is 3. The molecule has 0 unspecified atom stereocenters. The molecule has 4 rings (SSSR count). The second-order valence-electron chi connectivity index (χ2n) is 6.64. The number of aromatic nitrogens is 3. The SMILES string of the molecule is Cn1cc(C(=O)N2CC(N3CCN(c4ccc(F)cc4)CC3)C2)nn1. The molecule has 2 saturated heterocycles. The maximum absolute atomic E-state index is 13.0. The van der Waals surface area contributed by atoms with E-state index in [1.54, 1.807) is 17.9 Å². The summed E-state index contributed by atoms with van der Waals surface area (Å²) in [6.07, 6.45) is 1.65. The fourth-order valence-electron chi connectivity index (χ4n) is 3.46. The zero-order valence-corrected chi connectivity index (χ0v) is 14.2. The average Bonchev–Trinajstić information content (AvgIpc) is 3.01. The third kappa shape index (κ3) is 3.21. The van der Waals surface area contributed by atoms with Crippen molar-refractivity contribution in [3.8, 4) is 0 Å². The standard InChI is InChI=1S/C17H21FN6O/c1-21-12-16(19-20-21)17(25)24-10-15(11-24)23-8-6-22(7-9-23)14-4-2-13(18)3-5-14/h2-5,12,15H,6-11H2,1H3. The number of benzene rings is 1. The van der Waals surface area contributed by atoms with Crippen LogP contribution < -0.4 is 4.90 Å². The normalized spacial score (nSPS) is 19.1. The molecule has 2 aromatic rings. The lowest BCUT2D eigenvalue weighted by Crippen LogP contribution is -2.64. The van der Waals surface area contributed by atoms with Crippen molar-refractivity contribution < 1.29 is 9.18 Å². The highest BCUT2D eigenvalue weighted by molar-refractivity contribution is 5.92. The van der Waals surface area contributed by atoms with Crippen molar-refractivity contribution in [2.24, 2.45) is 7.05 Å². The minimum atomic E-state index is -0.204. The molecule has 0 radical (unpaired) electrons. The van der Waals surface area contributed by atoms with Crippen LogP contribution in [0, 0.1) is 5.82 Å². The van der Waals surface area contributed by atoms with Crippen LogP contribution in [0.3, 0.4) is 0 Å². The summed E-state index contributed by atoms with van der Waals surface area (Å²) < 4.78 is 14.6. The zero-order chi connectivity index (χ0) is 17.4. The molecule has 2 aliphatic heterocycles. The summed E-state index contributed by atoms with van der Waals surface area (Å²) in [4.78, 5) is 18.8. The van der Waals surface area contributed by atoms with Gasteiger partial charge in [-0.05, 0) is 24.3 Å². The van der Waals surface area contributed by atoms with Crippen LogP contribution in [0.2, 0.25) is 0 Å². The van der Waals surface area contributed by atoms with Gasteiger partial charge in [0.15, 0.2) is 5.69 Å². The third-order valence-electron chi connectivity index (χ3n) is 4.99. The lowest BCUT2D eigenvalue weighted by atomic mass is 10.1. The molecular formula is C17H21FN6O. The first kappa shape index (κ1) is 16.0. The van der Waals surface area contributed by atoms with Crippen molar-refractivity contribution in [3.05, 3.63) is 42.0 Å². The Hall–Kier alpha value is -2.48. The summed E-state index contributed by atoms with van der Waals surface area (Å²) in [5.74, 6) is -0.251. The van der Waals surface area contributed by atoms with Crippen LogP contribution in [0.4, 0.5) is 10.1 Å². The number of carbonyl (C=O) groups is 1. The topological polar surface area (TPSA) is 57.5 Å². The fourth-order valence-corrected chi connectivity index (χ4v) is 3.46. The van der Waals surface area contributed by atoms with Crippen LogP contribution in [-0.2, 0) is 7.05 Å². The maximum atomic E-state index is 13.0. The molecule has 2 aliphatic rings. The Morgan fingerprint density at radius 1 is 1.12 bits per heavy atom. The molecule has 0 spiro atoms. The molecule has 1 aromatic heterocycles. The molecule has 7 nitrogen and oxygen atoms in total. The smallest absolute Gasteiger partial charge is 0.276 e. The number of likely N-dealkylation sites (tertiary alicyclic amines) is 1. The van der Waals surface area contributed by atoms with Gasteiger partial charge < -0.3 is 9.80 Å². The van der Waals surface area contributed by atoms with Gasteiger partial charge in [-0.3, -0.25) is 14.4 Å². The van der Waals surface area contributed by atoms with Gasteiger partial charge >= 0.3 is 0 Å². The van der Waals surface area contributed by atoms with Crippen LogP contribution in [0.25, 0.3) is 0 Å². The van der Waals surface area contributed by atoms with Crippen LogP contribution in [-0.4, -0.2) is 76.0 Å². The van der Waals surface area contributed by atoms with E-state index < -0.39 is 0 Å². The number of piperazine rings is 1.